The fourth-order valence-corrected chi connectivity index (χ4v) is 1.57. The third-order valence-electron chi connectivity index (χ3n) is 2.42. The quantitative estimate of drug-likeness (QED) is 0.763. The Hall–Kier alpha value is -0.730. The maximum absolute atomic E-state index is 5.74. The molecule has 0 aromatic carbocycles. The lowest BCUT2D eigenvalue weighted by Gasteiger charge is -2.11. The molecule has 0 spiro atoms. The Labute approximate surface area is 103 Å². The van der Waals surface area contributed by atoms with E-state index < -0.39 is 0 Å². The summed E-state index contributed by atoms with van der Waals surface area (Å²) >= 11 is 5.74. The van der Waals surface area contributed by atoms with Crippen molar-refractivity contribution in [2.24, 2.45) is 5.92 Å². The number of furan rings is 1. The van der Waals surface area contributed by atoms with Crippen molar-refractivity contribution in [1.29, 1.82) is 0 Å². The zero-order valence-corrected chi connectivity index (χ0v) is 11.0. The van der Waals surface area contributed by atoms with Crippen LogP contribution in [0.2, 0.25) is 5.22 Å². The molecule has 2 nitrogen and oxygen atoms in total. The number of halogens is 1. The van der Waals surface area contributed by atoms with Gasteiger partial charge in [-0.25, -0.2) is 0 Å². The molecule has 0 fully saturated rings. The average Bonchev–Trinajstić information content (AvgIpc) is 2.63. The van der Waals surface area contributed by atoms with Crippen LogP contribution in [-0.2, 0) is 0 Å². The van der Waals surface area contributed by atoms with E-state index in [1.54, 1.807) is 6.07 Å². The SMILES string of the molecule is CCCNCC(=Cc1ccc(Cl)o1)C(C)C. The molecular weight excluding hydrogens is 222 g/mol. The zero-order valence-electron chi connectivity index (χ0n) is 10.2. The van der Waals surface area contributed by atoms with Crippen molar-refractivity contribution in [3.63, 3.8) is 0 Å². The van der Waals surface area contributed by atoms with Gasteiger partial charge < -0.3 is 9.73 Å². The molecule has 0 aliphatic rings. The molecule has 90 valence electrons. The summed E-state index contributed by atoms with van der Waals surface area (Å²) in [5.74, 6) is 1.33. The van der Waals surface area contributed by atoms with Crippen LogP contribution >= 0.6 is 11.6 Å². The van der Waals surface area contributed by atoms with E-state index in [0.29, 0.717) is 11.1 Å². The van der Waals surface area contributed by atoms with Gasteiger partial charge in [-0.3, -0.25) is 0 Å². The highest BCUT2D eigenvalue weighted by Crippen LogP contribution is 2.18. The van der Waals surface area contributed by atoms with Crippen LogP contribution in [0.1, 0.15) is 33.0 Å². The minimum atomic E-state index is 0.441. The number of rotatable bonds is 6. The fourth-order valence-electron chi connectivity index (χ4n) is 1.42. The van der Waals surface area contributed by atoms with E-state index in [2.05, 4.69) is 32.2 Å². The summed E-state index contributed by atoms with van der Waals surface area (Å²) in [6.45, 7) is 8.48. The van der Waals surface area contributed by atoms with Gasteiger partial charge in [0.25, 0.3) is 0 Å². The van der Waals surface area contributed by atoms with Crippen molar-refractivity contribution in [2.45, 2.75) is 27.2 Å². The van der Waals surface area contributed by atoms with Gasteiger partial charge in [-0.2, -0.15) is 0 Å². The Morgan fingerprint density at radius 3 is 2.75 bits per heavy atom. The lowest BCUT2D eigenvalue weighted by molar-refractivity contribution is 0.556. The van der Waals surface area contributed by atoms with Crippen LogP contribution in [-0.4, -0.2) is 13.1 Å². The van der Waals surface area contributed by atoms with E-state index in [1.807, 2.05) is 6.07 Å². The minimum absolute atomic E-state index is 0.441. The third kappa shape index (κ3) is 4.42. The molecule has 0 aliphatic heterocycles. The lowest BCUT2D eigenvalue weighted by atomic mass is 10.0. The van der Waals surface area contributed by atoms with Gasteiger partial charge in [-0.1, -0.05) is 26.3 Å². The van der Waals surface area contributed by atoms with Crippen LogP contribution in [0.3, 0.4) is 0 Å². The molecule has 0 saturated heterocycles. The smallest absolute Gasteiger partial charge is 0.193 e. The second-order valence-corrected chi connectivity index (χ2v) is 4.57. The Morgan fingerprint density at radius 2 is 2.25 bits per heavy atom. The first-order valence-electron chi connectivity index (χ1n) is 5.80. The highest BCUT2D eigenvalue weighted by atomic mass is 35.5. The van der Waals surface area contributed by atoms with Gasteiger partial charge in [0, 0.05) is 6.54 Å². The van der Waals surface area contributed by atoms with Crippen LogP contribution < -0.4 is 5.32 Å². The van der Waals surface area contributed by atoms with Crippen LogP contribution in [0.15, 0.2) is 22.1 Å². The topological polar surface area (TPSA) is 25.2 Å². The first kappa shape index (κ1) is 13.3. The molecular formula is C13H20ClNO. The molecule has 3 heteroatoms. The highest BCUT2D eigenvalue weighted by molar-refractivity contribution is 6.28. The largest absolute Gasteiger partial charge is 0.445 e. The summed E-state index contributed by atoms with van der Waals surface area (Å²) in [4.78, 5) is 0. The normalized spacial score (nSPS) is 12.4. The molecule has 1 heterocycles. The summed E-state index contributed by atoms with van der Waals surface area (Å²) in [6.07, 6.45) is 3.22. The lowest BCUT2D eigenvalue weighted by Crippen LogP contribution is -2.19. The van der Waals surface area contributed by atoms with Gasteiger partial charge in [0.05, 0.1) is 0 Å². The summed E-state index contributed by atoms with van der Waals surface area (Å²) in [5.41, 5.74) is 1.33. The molecule has 0 saturated carbocycles. The molecule has 1 rings (SSSR count). The molecule has 16 heavy (non-hydrogen) atoms. The standard InChI is InChI=1S/C13H20ClNO/c1-4-7-15-9-11(10(2)3)8-12-5-6-13(14)16-12/h5-6,8,10,15H,4,7,9H2,1-3H3. The van der Waals surface area contributed by atoms with Crippen LogP contribution in [0.5, 0.6) is 0 Å². The van der Waals surface area contributed by atoms with Crippen LogP contribution in [0, 0.1) is 5.92 Å². The molecule has 0 aliphatic carbocycles. The van der Waals surface area contributed by atoms with Crippen molar-refractivity contribution >= 4 is 17.7 Å². The van der Waals surface area contributed by atoms with Crippen LogP contribution in [0.4, 0.5) is 0 Å². The van der Waals surface area contributed by atoms with E-state index in [4.69, 9.17) is 16.0 Å². The molecule has 0 radical (unpaired) electrons. The Bertz CT molecular complexity index is 341. The Balaban J connectivity index is 2.65. The predicted molar refractivity (Wildman–Crippen MR) is 69.7 cm³/mol. The van der Waals surface area contributed by atoms with Crippen molar-refractivity contribution < 1.29 is 4.42 Å². The number of hydrogen-bond acceptors (Lipinski definition) is 2. The summed E-state index contributed by atoms with van der Waals surface area (Å²) in [6, 6.07) is 3.66. The van der Waals surface area contributed by atoms with E-state index in [9.17, 15) is 0 Å². The molecule has 0 atom stereocenters. The summed E-state index contributed by atoms with van der Waals surface area (Å²) < 4.78 is 5.33. The maximum Gasteiger partial charge on any atom is 0.193 e. The minimum Gasteiger partial charge on any atom is -0.445 e. The van der Waals surface area contributed by atoms with Gasteiger partial charge in [0.1, 0.15) is 5.76 Å². The summed E-state index contributed by atoms with van der Waals surface area (Å²) in [5, 5.41) is 3.84. The number of nitrogens with one attached hydrogen (secondary N) is 1. The zero-order chi connectivity index (χ0) is 12.0. The van der Waals surface area contributed by atoms with Gasteiger partial charge in [-0.05, 0) is 48.7 Å². The number of hydrogen-bond donors (Lipinski definition) is 1. The molecule has 0 unspecified atom stereocenters. The monoisotopic (exact) mass is 241 g/mol. The molecule has 1 N–H and O–H groups in total. The van der Waals surface area contributed by atoms with Gasteiger partial charge in [0.2, 0.25) is 0 Å². The second kappa shape index (κ2) is 6.77. The van der Waals surface area contributed by atoms with Gasteiger partial charge in [0.15, 0.2) is 5.22 Å². The maximum atomic E-state index is 5.74. The average molecular weight is 242 g/mol. The fraction of sp³-hybridized carbons (Fsp3) is 0.538. The highest BCUT2D eigenvalue weighted by Gasteiger charge is 2.05. The Kier molecular flexibility index (Phi) is 5.64. The Morgan fingerprint density at radius 1 is 1.50 bits per heavy atom. The molecule has 1 aromatic heterocycles. The van der Waals surface area contributed by atoms with Crippen molar-refractivity contribution in [3.05, 3.63) is 28.7 Å². The summed E-state index contributed by atoms with van der Waals surface area (Å²) in [7, 11) is 0. The molecule has 0 amide bonds. The predicted octanol–water partition coefficient (Wildman–Crippen LogP) is 3.97. The van der Waals surface area contributed by atoms with E-state index >= 15 is 0 Å². The van der Waals surface area contributed by atoms with Crippen molar-refractivity contribution in [3.8, 4) is 0 Å². The van der Waals surface area contributed by atoms with Gasteiger partial charge in [-0.15, -0.1) is 0 Å². The molecule has 0 bridgehead atoms. The van der Waals surface area contributed by atoms with E-state index in [0.717, 1.165) is 25.3 Å². The molecule has 1 aromatic rings. The van der Waals surface area contributed by atoms with Crippen molar-refractivity contribution in [1.82, 2.24) is 5.32 Å². The van der Waals surface area contributed by atoms with Crippen LogP contribution in [0.25, 0.3) is 6.08 Å². The first-order chi connectivity index (χ1) is 7.63. The van der Waals surface area contributed by atoms with Crippen molar-refractivity contribution in [2.75, 3.05) is 13.1 Å². The third-order valence-corrected chi connectivity index (χ3v) is 2.62. The van der Waals surface area contributed by atoms with Gasteiger partial charge >= 0.3 is 0 Å². The van der Waals surface area contributed by atoms with E-state index in [-0.39, 0.29) is 0 Å². The first-order valence-corrected chi connectivity index (χ1v) is 6.17. The second-order valence-electron chi connectivity index (χ2n) is 4.19. The van der Waals surface area contributed by atoms with E-state index in [1.165, 1.54) is 5.57 Å².